The third kappa shape index (κ3) is 7.89. The van der Waals surface area contributed by atoms with Gasteiger partial charge in [0.15, 0.2) is 0 Å². The van der Waals surface area contributed by atoms with Gasteiger partial charge < -0.3 is 10.6 Å². The third-order valence-electron chi connectivity index (χ3n) is 6.38. The number of benzene rings is 2. The van der Waals surface area contributed by atoms with Crippen molar-refractivity contribution in [2.45, 2.75) is 64.7 Å². The molecule has 1 saturated carbocycles. The van der Waals surface area contributed by atoms with Crippen molar-refractivity contribution >= 4 is 48.0 Å². The average molecular weight is 492 g/mol. The molecule has 1 aliphatic carbocycles. The summed E-state index contributed by atoms with van der Waals surface area (Å²) in [4.78, 5) is 0. The maximum Gasteiger partial charge on any atom is 0.0450 e. The highest BCUT2D eigenvalue weighted by Crippen LogP contribution is 2.33. The van der Waals surface area contributed by atoms with Crippen molar-refractivity contribution in [1.29, 1.82) is 0 Å². The van der Waals surface area contributed by atoms with Gasteiger partial charge >= 0.3 is 0 Å². The quantitative estimate of drug-likeness (QED) is 0.404. The van der Waals surface area contributed by atoms with E-state index in [1.165, 1.54) is 36.8 Å². The first-order chi connectivity index (χ1) is 13.5. The lowest BCUT2D eigenvalue weighted by atomic mass is 9.76. The molecule has 0 radical (unpaired) electrons. The summed E-state index contributed by atoms with van der Waals surface area (Å²) >= 11 is 12.6. The zero-order chi connectivity index (χ0) is 19.9. The standard InChI is InChI=1S/C24H32Cl2N2.2ClH/c1-17(27-15-21-7-3-5-9-23(21)25)19-11-13-20(14-12-19)18(2)28-16-22-8-4-6-10-24(22)26;;/h3-10,17-20,27-28H,11-16H2,1-2H3;2*1H. The minimum absolute atomic E-state index is 0. The zero-order valence-electron chi connectivity index (χ0n) is 17.7. The Balaban J connectivity index is 0.00000225. The molecule has 168 valence electrons. The monoisotopic (exact) mass is 490 g/mol. The van der Waals surface area contributed by atoms with Crippen LogP contribution >= 0.6 is 48.0 Å². The van der Waals surface area contributed by atoms with E-state index in [4.69, 9.17) is 23.2 Å². The molecule has 0 saturated heterocycles. The predicted molar refractivity (Wildman–Crippen MR) is 135 cm³/mol. The van der Waals surface area contributed by atoms with Crippen molar-refractivity contribution in [1.82, 2.24) is 10.6 Å². The summed E-state index contributed by atoms with van der Waals surface area (Å²) in [6, 6.07) is 17.2. The number of nitrogens with one attached hydrogen (secondary N) is 2. The second-order valence-corrected chi connectivity index (χ2v) is 9.01. The van der Waals surface area contributed by atoms with Crippen LogP contribution in [0.25, 0.3) is 0 Å². The smallest absolute Gasteiger partial charge is 0.0450 e. The first kappa shape index (κ1) is 27.6. The minimum Gasteiger partial charge on any atom is -0.310 e. The Morgan fingerprint density at radius 3 is 1.37 bits per heavy atom. The van der Waals surface area contributed by atoms with Crippen LogP contribution in [0.5, 0.6) is 0 Å². The van der Waals surface area contributed by atoms with Crippen molar-refractivity contribution in [2.75, 3.05) is 0 Å². The molecule has 1 aliphatic rings. The highest BCUT2D eigenvalue weighted by Gasteiger charge is 2.28. The van der Waals surface area contributed by atoms with Crippen LogP contribution in [-0.4, -0.2) is 12.1 Å². The van der Waals surface area contributed by atoms with E-state index in [0.717, 1.165) is 35.0 Å². The van der Waals surface area contributed by atoms with Crippen molar-refractivity contribution in [3.05, 3.63) is 69.7 Å². The maximum atomic E-state index is 6.28. The van der Waals surface area contributed by atoms with Gasteiger partial charge in [-0.3, -0.25) is 0 Å². The number of halogens is 4. The van der Waals surface area contributed by atoms with Crippen LogP contribution in [-0.2, 0) is 13.1 Å². The van der Waals surface area contributed by atoms with Crippen LogP contribution in [0.4, 0.5) is 0 Å². The summed E-state index contributed by atoms with van der Waals surface area (Å²) in [7, 11) is 0. The molecule has 2 aromatic carbocycles. The third-order valence-corrected chi connectivity index (χ3v) is 7.11. The topological polar surface area (TPSA) is 24.1 Å². The first-order valence-electron chi connectivity index (χ1n) is 10.5. The summed E-state index contributed by atoms with van der Waals surface area (Å²) in [6.07, 6.45) is 5.16. The molecule has 0 aliphatic heterocycles. The summed E-state index contributed by atoms with van der Waals surface area (Å²) in [5.74, 6) is 1.49. The summed E-state index contributed by atoms with van der Waals surface area (Å²) in [5.41, 5.74) is 2.36. The fraction of sp³-hybridized carbons (Fsp3) is 0.500. The molecule has 3 rings (SSSR count). The Labute approximate surface area is 204 Å². The molecule has 6 heteroatoms. The van der Waals surface area contributed by atoms with Gasteiger partial charge in [0.05, 0.1) is 0 Å². The van der Waals surface area contributed by atoms with Crippen LogP contribution in [0, 0.1) is 11.8 Å². The first-order valence-corrected chi connectivity index (χ1v) is 11.2. The Bertz CT molecular complexity index is 684. The van der Waals surface area contributed by atoms with Gasteiger partial charge in [0, 0.05) is 35.2 Å². The summed E-state index contributed by atoms with van der Waals surface area (Å²) in [5, 5.41) is 9.09. The Hall–Kier alpha value is -0.480. The maximum absolute atomic E-state index is 6.28. The molecule has 0 heterocycles. The molecule has 0 spiro atoms. The van der Waals surface area contributed by atoms with E-state index in [-0.39, 0.29) is 24.8 Å². The number of rotatable bonds is 8. The lowest BCUT2D eigenvalue weighted by Gasteiger charge is -2.35. The van der Waals surface area contributed by atoms with Crippen LogP contribution in [0.15, 0.2) is 48.5 Å². The summed E-state index contributed by atoms with van der Waals surface area (Å²) < 4.78 is 0. The second kappa shape index (κ2) is 13.8. The average Bonchev–Trinajstić information content (AvgIpc) is 2.72. The van der Waals surface area contributed by atoms with Crippen molar-refractivity contribution in [3.63, 3.8) is 0 Å². The van der Waals surface area contributed by atoms with E-state index in [1.54, 1.807) is 0 Å². The van der Waals surface area contributed by atoms with Crippen LogP contribution in [0.2, 0.25) is 10.0 Å². The van der Waals surface area contributed by atoms with Gasteiger partial charge in [-0.25, -0.2) is 0 Å². The lowest BCUT2D eigenvalue weighted by Crippen LogP contribution is -2.39. The second-order valence-electron chi connectivity index (χ2n) is 8.20. The largest absolute Gasteiger partial charge is 0.310 e. The molecule has 2 N–H and O–H groups in total. The zero-order valence-corrected chi connectivity index (χ0v) is 20.9. The highest BCUT2D eigenvalue weighted by molar-refractivity contribution is 6.31. The van der Waals surface area contributed by atoms with Gasteiger partial charge in [-0.05, 0) is 74.6 Å². The molecular weight excluding hydrogens is 458 g/mol. The van der Waals surface area contributed by atoms with Gasteiger partial charge in [0.2, 0.25) is 0 Å². The van der Waals surface area contributed by atoms with E-state index in [0.29, 0.717) is 12.1 Å². The van der Waals surface area contributed by atoms with Crippen molar-refractivity contribution in [3.8, 4) is 0 Å². The number of hydrogen-bond donors (Lipinski definition) is 2. The van der Waals surface area contributed by atoms with Gasteiger partial charge in [-0.15, -0.1) is 24.8 Å². The fourth-order valence-electron chi connectivity index (χ4n) is 4.30. The molecule has 2 atom stereocenters. The van der Waals surface area contributed by atoms with Gasteiger partial charge in [-0.2, -0.15) is 0 Å². The lowest BCUT2D eigenvalue weighted by molar-refractivity contribution is 0.198. The Morgan fingerprint density at radius 2 is 1.03 bits per heavy atom. The van der Waals surface area contributed by atoms with Crippen molar-refractivity contribution in [2.24, 2.45) is 11.8 Å². The molecule has 30 heavy (non-hydrogen) atoms. The van der Waals surface area contributed by atoms with Crippen molar-refractivity contribution < 1.29 is 0 Å². The van der Waals surface area contributed by atoms with Gasteiger partial charge in [0.1, 0.15) is 0 Å². The van der Waals surface area contributed by atoms with E-state index >= 15 is 0 Å². The molecule has 2 nitrogen and oxygen atoms in total. The molecule has 1 fully saturated rings. The fourth-order valence-corrected chi connectivity index (χ4v) is 4.71. The SMILES string of the molecule is CC(NCc1ccccc1Cl)C1CCC(C(C)NCc2ccccc2Cl)CC1.Cl.Cl. The van der Waals surface area contributed by atoms with E-state index in [9.17, 15) is 0 Å². The predicted octanol–water partition coefficient (Wildman–Crippen LogP) is 7.30. The van der Waals surface area contributed by atoms with Crippen LogP contribution in [0.3, 0.4) is 0 Å². The summed E-state index contributed by atoms with van der Waals surface area (Å²) in [6.45, 7) is 6.33. The molecule has 0 amide bonds. The minimum atomic E-state index is 0. The Kier molecular flexibility index (Phi) is 12.7. The molecule has 2 unspecified atom stereocenters. The van der Waals surface area contributed by atoms with Crippen LogP contribution < -0.4 is 10.6 Å². The Morgan fingerprint density at radius 1 is 0.700 bits per heavy atom. The van der Waals surface area contributed by atoms with E-state index in [2.05, 4.69) is 48.7 Å². The molecule has 0 bridgehead atoms. The highest BCUT2D eigenvalue weighted by atomic mass is 35.5. The van der Waals surface area contributed by atoms with Gasteiger partial charge in [-0.1, -0.05) is 59.6 Å². The van der Waals surface area contributed by atoms with Gasteiger partial charge in [0.25, 0.3) is 0 Å². The number of hydrogen-bond acceptors (Lipinski definition) is 2. The molecule has 0 aromatic heterocycles. The normalized spacial score (nSPS) is 20.5. The molecule has 2 aromatic rings. The molecular formula is C24H34Cl4N2. The van der Waals surface area contributed by atoms with Crippen LogP contribution in [0.1, 0.15) is 50.7 Å². The van der Waals surface area contributed by atoms with E-state index < -0.39 is 0 Å². The van der Waals surface area contributed by atoms with E-state index in [1.807, 2.05) is 24.3 Å².